The van der Waals surface area contributed by atoms with Gasteiger partial charge in [-0.05, 0) is 30.7 Å². The summed E-state index contributed by atoms with van der Waals surface area (Å²) >= 11 is 0. The second-order valence-corrected chi connectivity index (χ2v) is 6.00. The molecule has 1 unspecified atom stereocenters. The molecular weight excluding hydrogens is 310 g/mol. The van der Waals surface area contributed by atoms with Crippen LogP contribution in [0, 0.1) is 0 Å². The number of morpholine rings is 1. The van der Waals surface area contributed by atoms with Crippen LogP contribution in [0.25, 0.3) is 0 Å². The van der Waals surface area contributed by atoms with E-state index < -0.39 is 0 Å². The zero-order valence-electron chi connectivity index (χ0n) is 13.6. The SMILES string of the molecule is NCC1CN(C(=O)COc2ccc(N3CCCC3=O)cc2)CCO1. The third kappa shape index (κ3) is 3.85. The van der Waals surface area contributed by atoms with Crippen molar-refractivity contribution in [2.75, 3.05) is 44.3 Å². The number of benzene rings is 1. The molecule has 2 fully saturated rings. The fourth-order valence-corrected chi connectivity index (χ4v) is 2.97. The van der Waals surface area contributed by atoms with Crippen LogP contribution in [-0.4, -0.2) is 62.2 Å². The van der Waals surface area contributed by atoms with E-state index in [2.05, 4.69) is 0 Å². The van der Waals surface area contributed by atoms with Crippen LogP contribution in [0.15, 0.2) is 24.3 Å². The van der Waals surface area contributed by atoms with Gasteiger partial charge in [0.25, 0.3) is 5.91 Å². The molecule has 0 saturated carbocycles. The third-order valence-electron chi connectivity index (χ3n) is 4.34. The third-order valence-corrected chi connectivity index (χ3v) is 4.34. The fraction of sp³-hybridized carbons (Fsp3) is 0.529. The zero-order chi connectivity index (χ0) is 16.9. The first-order valence-corrected chi connectivity index (χ1v) is 8.30. The van der Waals surface area contributed by atoms with Crippen molar-refractivity contribution < 1.29 is 19.1 Å². The summed E-state index contributed by atoms with van der Waals surface area (Å²) in [4.78, 5) is 27.4. The molecule has 0 radical (unpaired) electrons. The van der Waals surface area contributed by atoms with Crippen LogP contribution in [0.3, 0.4) is 0 Å². The van der Waals surface area contributed by atoms with Crippen LogP contribution in [0.1, 0.15) is 12.8 Å². The Kier molecular flexibility index (Phi) is 5.32. The van der Waals surface area contributed by atoms with Crippen LogP contribution < -0.4 is 15.4 Å². The van der Waals surface area contributed by atoms with Crippen LogP contribution in [-0.2, 0) is 14.3 Å². The number of anilines is 1. The molecule has 2 heterocycles. The van der Waals surface area contributed by atoms with Crippen LogP contribution in [0.2, 0.25) is 0 Å². The summed E-state index contributed by atoms with van der Waals surface area (Å²) in [6.07, 6.45) is 1.41. The summed E-state index contributed by atoms with van der Waals surface area (Å²) in [5.41, 5.74) is 6.45. The molecule has 1 aromatic rings. The molecule has 1 atom stereocenters. The Labute approximate surface area is 141 Å². The molecule has 1 aromatic carbocycles. The van der Waals surface area contributed by atoms with E-state index >= 15 is 0 Å². The maximum absolute atomic E-state index is 12.2. The topological polar surface area (TPSA) is 85.1 Å². The zero-order valence-corrected chi connectivity index (χ0v) is 13.6. The van der Waals surface area contributed by atoms with Crippen molar-refractivity contribution in [3.05, 3.63) is 24.3 Å². The molecule has 2 saturated heterocycles. The second-order valence-electron chi connectivity index (χ2n) is 6.00. The van der Waals surface area contributed by atoms with Gasteiger partial charge in [-0.25, -0.2) is 0 Å². The van der Waals surface area contributed by atoms with Gasteiger partial charge in [-0.1, -0.05) is 0 Å². The van der Waals surface area contributed by atoms with Gasteiger partial charge in [0.1, 0.15) is 5.75 Å². The Morgan fingerprint density at radius 2 is 2.08 bits per heavy atom. The largest absolute Gasteiger partial charge is 0.484 e. The van der Waals surface area contributed by atoms with Crippen molar-refractivity contribution in [3.63, 3.8) is 0 Å². The number of amides is 2. The second kappa shape index (κ2) is 7.63. The standard InChI is InChI=1S/C17H23N3O4/c18-10-15-11-19(8-9-23-15)17(22)12-24-14-5-3-13(4-6-14)20-7-1-2-16(20)21/h3-6,15H,1-2,7-12,18H2. The Balaban J connectivity index is 1.51. The summed E-state index contributed by atoms with van der Waals surface area (Å²) in [7, 11) is 0. The molecule has 2 amide bonds. The predicted octanol–water partition coefficient (Wildman–Crippen LogP) is 0.378. The predicted molar refractivity (Wildman–Crippen MR) is 88.9 cm³/mol. The smallest absolute Gasteiger partial charge is 0.260 e. The quantitative estimate of drug-likeness (QED) is 0.842. The van der Waals surface area contributed by atoms with Crippen molar-refractivity contribution in [2.24, 2.45) is 5.73 Å². The number of hydrogen-bond acceptors (Lipinski definition) is 5. The summed E-state index contributed by atoms with van der Waals surface area (Å²) in [5, 5.41) is 0. The van der Waals surface area contributed by atoms with Gasteiger partial charge >= 0.3 is 0 Å². The Morgan fingerprint density at radius 3 is 2.75 bits per heavy atom. The molecule has 2 N–H and O–H groups in total. The van der Waals surface area contributed by atoms with Gasteiger partial charge in [-0.15, -0.1) is 0 Å². The number of nitrogens with two attached hydrogens (primary N) is 1. The highest BCUT2D eigenvalue weighted by molar-refractivity contribution is 5.95. The van der Waals surface area contributed by atoms with Crippen LogP contribution in [0.5, 0.6) is 5.75 Å². The van der Waals surface area contributed by atoms with Crippen molar-refractivity contribution in [3.8, 4) is 5.75 Å². The first-order valence-electron chi connectivity index (χ1n) is 8.30. The molecule has 7 nitrogen and oxygen atoms in total. The number of ether oxygens (including phenoxy) is 2. The maximum atomic E-state index is 12.2. The maximum Gasteiger partial charge on any atom is 0.260 e. The van der Waals surface area contributed by atoms with Gasteiger partial charge in [0.2, 0.25) is 5.91 Å². The monoisotopic (exact) mass is 333 g/mol. The Morgan fingerprint density at radius 1 is 1.29 bits per heavy atom. The van der Waals surface area contributed by atoms with Crippen molar-refractivity contribution in [2.45, 2.75) is 18.9 Å². The molecule has 0 bridgehead atoms. The first-order chi connectivity index (χ1) is 11.7. The molecule has 2 aliphatic heterocycles. The molecule has 7 heteroatoms. The summed E-state index contributed by atoms with van der Waals surface area (Å²) in [5.74, 6) is 0.693. The molecule has 0 aromatic heterocycles. The van der Waals surface area contributed by atoms with Crippen LogP contribution in [0.4, 0.5) is 5.69 Å². The van der Waals surface area contributed by atoms with Crippen molar-refractivity contribution >= 4 is 17.5 Å². The normalized spacial score (nSPS) is 21.2. The van der Waals surface area contributed by atoms with E-state index in [-0.39, 0.29) is 24.5 Å². The lowest BCUT2D eigenvalue weighted by molar-refractivity contribution is -0.140. The minimum atomic E-state index is -0.0972. The summed E-state index contributed by atoms with van der Waals surface area (Å²) in [6, 6.07) is 7.27. The van der Waals surface area contributed by atoms with E-state index in [4.69, 9.17) is 15.2 Å². The first kappa shape index (κ1) is 16.7. The lowest BCUT2D eigenvalue weighted by Crippen LogP contribution is -2.49. The minimum Gasteiger partial charge on any atom is -0.484 e. The lowest BCUT2D eigenvalue weighted by Gasteiger charge is -2.32. The van der Waals surface area contributed by atoms with E-state index in [0.717, 1.165) is 18.7 Å². The number of hydrogen-bond donors (Lipinski definition) is 1. The number of carbonyl (C=O) groups excluding carboxylic acids is 2. The lowest BCUT2D eigenvalue weighted by atomic mass is 10.2. The molecule has 2 aliphatic rings. The highest BCUT2D eigenvalue weighted by atomic mass is 16.5. The summed E-state index contributed by atoms with van der Waals surface area (Å²) < 4.78 is 11.0. The number of carbonyl (C=O) groups is 2. The van der Waals surface area contributed by atoms with Crippen molar-refractivity contribution in [1.82, 2.24) is 4.90 Å². The van der Waals surface area contributed by atoms with E-state index in [1.807, 2.05) is 12.1 Å². The van der Waals surface area contributed by atoms with Gasteiger partial charge in [0, 0.05) is 38.3 Å². The number of nitrogens with zero attached hydrogens (tertiary/aromatic N) is 2. The molecule has 130 valence electrons. The highest BCUT2D eigenvalue weighted by Crippen LogP contribution is 2.23. The average Bonchev–Trinajstić information content (AvgIpc) is 3.06. The summed E-state index contributed by atoms with van der Waals surface area (Å²) in [6.45, 7) is 2.73. The Bertz CT molecular complexity index is 590. The highest BCUT2D eigenvalue weighted by Gasteiger charge is 2.24. The van der Waals surface area contributed by atoms with Gasteiger partial charge < -0.3 is 25.0 Å². The molecule has 0 aliphatic carbocycles. The van der Waals surface area contributed by atoms with Crippen molar-refractivity contribution in [1.29, 1.82) is 0 Å². The Hall–Kier alpha value is -2.12. The number of rotatable bonds is 5. The van der Waals surface area contributed by atoms with E-state index in [1.54, 1.807) is 21.9 Å². The average molecular weight is 333 g/mol. The van der Waals surface area contributed by atoms with E-state index in [1.165, 1.54) is 0 Å². The minimum absolute atomic E-state index is 0.0146. The van der Waals surface area contributed by atoms with Gasteiger partial charge in [-0.3, -0.25) is 9.59 Å². The van der Waals surface area contributed by atoms with Crippen LogP contribution >= 0.6 is 0 Å². The van der Waals surface area contributed by atoms with Gasteiger partial charge in [0.05, 0.1) is 12.7 Å². The fourth-order valence-electron chi connectivity index (χ4n) is 2.97. The van der Waals surface area contributed by atoms with E-state index in [9.17, 15) is 9.59 Å². The molecular formula is C17H23N3O4. The van der Waals surface area contributed by atoms with Gasteiger partial charge in [-0.2, -0.15) is 0 Å². The molecule has 3 rings (SSSR count). The van der Waals surface area contributed by atoms with E-state index in [0.29, 0.717) is 38.4 Å². The molecule has 0 spiro atoms. The van der Waals surface area contributed by atoms with Gasteiger partial charge in [0.15, 0.2) is 6.61 Å². The molecule has 24 heavy (non-hydrogen) atoms.